The van der Waals surface area contributed by atoms with Gasteiger partial charge in [-0.25, -0.2) is 4.98 Å². The number of aryl methyl sites for hydroxylation is 1. The van der Waals surface area contributed by atoms with E-state index in [1.54, 1.807) is 30.1 Å². The Kier molecular flexibility index (Phi) is 5.46. The quantitative estimate of drug-likeness (QED) is 0.762. The standard InChI is InChI=1S/C14H19N3O3S/c1-10(5-8-18)16-13(19)12-4-3-11(20-12)9-21-14-15-6-7-17(14)2/h3-4,6-7,10,18H,5,8-9H2,1-2H3,(H,16,19). The van der Waals surface area contributed by atoms with Gasteiger partial charge in [-0.05, 0) is 25.5 Å². The van der Waals surface area contributed by atoms with Crippen molar-refractivity contribution in [2.75, 3.05) is 6.61 Å². The number of thioether (sulfide) groups is 1. The van der Waals surface area contributed by atoms with E-state index in [9.17, 15) is 4.79 Å². The van der Waals surface area contributed by atoms with Crippen LogP contribution in [0.3, 0.4) is 0 Å². The SMILES string of the molecule is CC(CCO)NC(=O)c1ccc(CSc2nccn2C)o1. The number of rotatable bonds is 7. The van der Waals surface area contributed by atoms with Crippen LogP contribution in [0, 0.1) is 0 Å². The topological polar surface area (TPSA) is 80.3 Å². The minimum absolute atomic E-state index is 0.0468. The molecule has 7 heteroatoms. The zero-order valence-corrected chi connectivity index (χ0v) is 12.9. The van der Waals surface area contributed by atoms with E-state index in [-0.39, 0.29) is 24.3 Å². The lowest BCUT2D eigenvalue weighted by Gasteiger charge is -2.10. The summed E-state index contributed by atoms with van der Waals surface area (Å²) in [6, 6.07) is 3.37. The van der Waals surface area contributed by atoms with E-state index < -0.39 is 0 Å². The first kappa shape index (κ1) is 15.7. The lowest BCUT2D eigenvalue weighted by Crippen LogP contribution is -2.32. The molecule has 114 valence electrons. The average molecular weight is 309 g/mol. The zero-order chi connectivity index (χ0) is 15.2. The van der Waals surface area contributed by atoms with Crippen LogP contribution in [0.2, 0.25) is 0 Å². The lowest BCUT2D eigenvalue weighted by atomic mass is 10.2. The second kappa shape index (κ2) is 7.33. The molecule has 0 aliphatic heterocycles. The van der Waals surface area contributed by atoms with E-state index in [2.05, 4.69) is 10.3 Å². The van der Waals surface area contributed by atoms with Crippen LogP contribution in [-0.4, -0.2) is 33.2 Å². The molecule has 0 fully saturated rings. The summed E-state index contributed by atoms with van der Waals surface area (Å²) in [6.45, 7) is 1.89. The smallest absolute Gasteiger partial charge is 0.287 e. The number of nitrogens with one attached hydrogen (secondary N) is 1. The molecule has 0 saturated heterocycles. The first-order valence-electron chi connectivity index (χ1n) is 6.70. The summed E-state index contributed by atoms with van der Waals surface area (Å²) in [4.78, 5) is 16.1. The number of furan rings is 1. The second-order valence-electron chi connectivity index (χ2n) is 4.76. The van der Waals surface area contributed by atoms with Crippen molar-refractivity contribution in [1.82, 2.24) is 14.9 Å². The number of hydrogen-bond acceptors (Lipinski definition) is 5. The zero-order valence-electron chi connectivity index (χ0n) is 12.1. The minimum Gasteiger partial charge on any atom is -0.455 e. The molecule has 2 aromatic heterocycles. The molecule has 1 amide bonds. The van der Waals surface area contributed by atoms with E-state index in [1.165, 1.54) is 0 Å². The summed E-state index contributed by atoms with van der Waals surface area (Å²) in [5.41, 5.74) is 0. The third-order valence-electron chi connectivity index (χ3n) is 2.95. The molecule has 0 aliphatic rings. The van der Waals surface area contributed by atoms with Gasteiger partial charge in [0.1, 0.15) is 5.76 Å². The molecule has 21 heavy (non-hydrogen) atoms. The first-order chi connectivity index (χ1) is 10.1. The number of hydrogen-bond donors (Lipinski definition) is 2. The second-order valence-corrected chi connectivity index (χ2v) is 5.70. The Morgan fingerprint density at radius 1 is 1.57 bits per heavy atom. The van der Waals surface area contributed by atoms with Gasteiger partial charge in [-0.3, -0.25) is 4.79 Å². The maximum Gasteiger partial charge on any atom is 0.287 e. The van der Waals surface area contributed by atoms with Gasteiger partial charge in [0.05, 0.1) is 5.75 Å². The van der Waals surface area contributed by atoms with E-state index in [4.69, 9.17) is 9.52 Å². The molecule has 2 N–H and O–H groups in total. The van der Waals surface area contributed by atoms with E-state index >= 15 is 0 Å². The van der Waals surface area contributed by atoms with E-state index in [1.807, 2.05) is 24.7 Å². The summed E-state index contributed by atoms with van der Waals surface area (Å²) in [5, 5.41) is 12.5. The number of aliphatic hydroxyl groups excluding tert-OH is 1. The van der Waals surface area contributed by atoms with Gasteiger partial charge in [0.15, 0.2) is 10.9 Å². The molecule has 6 nitrogen and oxygen atoms in total. The highest BCUT2D eigenvalue weighted by Crippen LogP contribution is 2.21. The fourth-order valence-corrected chi connectivity index (χ4v) is 2.59. The van der Waals surface area contributed by atoms with Crippen LogP contribution < -0.4 is 5.32 Å². The van der Waals surface area contributed by atoms with Gasteiger partial charge in [-0.2, -0.15) is 0 Å². The third kappa shape index (κ3) is 4.37. The minimum atomic E-state index is -0.260. The van der Waals surface area contributed by atoms with Crippen molar-refractivity contribution in [2.24, 2.45) is 7.05 Å². The summed E-state index contributed by atoms with van der Waals surface area (Å²) >= 11 is 1.55. The molecule has 0 radical (unpaired) electrons. The Morgan fingerprint density at radius 3 is 3.05 bits per heavy atom. The van der Waals surface area contributed by atoms with Crippen molar-refractivity contribution in [3.63, 3.8) is 0 Å². The molecule has 2 heterocycles. The normalized spacial score (nSPS) is 12.3. The van der Waals surface area contributed by atoms with Gasteiger partial charge in [0, 0.05) is 32.1 Å². The maximum atomic E-state index is 11.9. The Balaban J connectivity index is 1.89. The number of imidazole rings is 1. The van der Waals surface area contributed by atoms with Gasteiger partial charge in [0.2, 0.25) is 0 Å². The van der Waals surface area contributed by atoms with Gasteiger partial charge < -0.3 is 19.4 Å². The van der Waals surface area contributed by atoms with Gasteiger partial charge >= 0.3 is 0 Å². The fraction of sp³-hybridized carbons (Fsp3) is 0.429. The summed E-state index contributed by atoms with van der Waals surface area (Å²) in [6.07, 6.45) is 4.14. The van der Waals surface area contributed by atoms with E-state index in [0.717, 1.165) is 10.9 Å². The molecule has 2 aromatic rings. The van der Waals surface area contributed by atoms with Crippen molar-refractivity contribution >= 4 is 17.7 Å². The van der Waals surface area contributed by atoms with Gasteiger partial charge in [-0.1, -0.05) is 11.8 Å². The lowest BCUT2D eigenvalue weighted by molar-refractivity contribution is 0.0905. The van der Waals surface area contributed by atoms with Crippen LogP contribution in [0.1, 0.15) is 29.7 Å². The van der Waals surface area contributed by atoms with Crippen molar-refractivity contribution in [2.45, 2.75) is 30.3 Å². The molecule has 0 saturated carbocycles. The molecule has 1 unspecified atom stereocenters. The van der Waals surface area contributed by atoms with Crippen LogP contribution in [0.5, 0.6) is 0 Å². The van der Waals surface area contributed by atoms with E-state index in [0.29, 0.717) is 12.2 Å². The summed E-state index contributed by atoms with van der Waals surface area (Å²) in [5.74, 6) is 1.37. The van der Waals surface area contributed by atoms with Crippen molar-refractivity contribution in [3.8, 4) is 0 Å². The Bertz CT molecular complexity index is 594. The molecule has 0 spiro atoms. The largest absolute Gasteiger partial charge is 0.455 e. The van der Waals surface area contributed by atoms with Crippen molar-refractivity contribution < 1.29 is 14.3 Å². The third-order valence-corrected chi connectivity index (χ3v) is 4.03. The number of carbonyl (C=O) groups excluding carboxylic acids is 1. The van der Waals surface area contributed by atoms with Crippen molar-refractivity contribution in [3.05, 3.63) is 36.0 Å². The number of aliphatic hydroxyl groups is 1. The Hall–Kier alpha value is -1.73. The fourth-order valence-electron chi connectivity index (χ4n) is 1.76. The highest BCUT2D eigenvalue weighted by Gasteiger charge is 2.14. The molecule has 1 atom stereocenters. The molecular formula is C14H19N3O3S. The number of amides is 1. The Labute approximate surface area is 127 Å². The number of aromatic nitrogens is 2. The predicted octanol–water partition coefficient (Wildman–Crippen LogP) is 1.81. The van der Waals surface area contributed by atoms with Crippen LogP contribution in [0.15, 0.2) is 34.1 Å². The molecule has 0 aromatic carbocycles. The highest BCUT2D eigenvalue weighted by molar-refractivity contribution is 7.98. The Morgan fingerprint density at radius 2 is 2.38 bits per heavy atom. The summed E-state index contributed by atoms with van der Waals surface area (Å²) in [7, 11) is 1.93. The average Bonchev–Trinajstić information content (AvgIpc) is 3.05. The highest BCUT2D eigenvalue weighted by atomic mass is 32.2. The van der Waals surface area contributed by atoms with Crippen LogP contribution >= 0.6 is 11.8 Å². The van der Waals surface area contributed by atoms with Crippen LogP contribution in [0.4, 0.5) is 0 Å². The monoisotopic (exact) mass is 309 g/mol. The van der Waals surface area contributed by atoms with Crippen LogP contribution in [0.25, 0.3) is 0 Å². The number of carbonyl (C=O) groups is 1. The predicted molar refractivity (Wildman–Crippen MR) is 80.1 cm³/mol. The summed E-state index contributed by atoms with van der Waals surface area (Å²) < 4.78 is 7.46. The van der Waals surface area contributed by atoms with Gasteiger partial charge in [-0.15, -0.1) is 0 Å². The van der Waals surface area contributed by atoms with Gasteiger partial charge in [0.25, 0.3) is 5.91 Å². The molecular weight excluding hydrogens is 290 g/mol. The van der Waals surface area contributed by atoms with Crippen molar-refractivity contribution in [1.29, 1.82) is 0 Å². The molecule has 2 rings (SSSR count). The first-order valence-corrected chi connectivity index (χ1v) is 7.69. The molecule has 0 aliphatic carbocycles. The number of nitrogens with zero attached hydrogens (tertiary/aromatic N) is 2. The van der Waals surface area contributed by atoms with Crippen LogP contribution in [-0.2, 0) is 12.8 Å². The maximum absolute atomic E-state index is 11.9. The molecule has 0 bridgehead atoms.